The second-order valence-electron chi connectivity index (χ2n) is 6.31. The first kappa shape index (κ1) is 19.3. The van der Waals surface area contributed by atoms with Crippen molar-refractivity contribution in [2.75, 3.05) is 6.61 Å². The maximum atomic E-state index is 12.2. The van der Waals surface area contributed by atoms with Crippen LogP contribution in [0.5, 0.6) is 5.75 Å². The summed E-state index contributed by atoms with van der Waals surface area (Å²) in [5, 5.41) is 11.1. The molecule has 7 nitrogen and oxygen atoms in total. The molecular formula is C21H20N2O5. The van der Waals surface area contributed by atoms with E-state index in [0.29, 0.717) is 17.7 Å². The molecule has 0 unspecified atom stereocenters. The molecule has 0 saturated heterocycles. The summed E-state index contributed by atoms with van der Waals surface area (Å²) in [5.74, 6) is 0.238. The molecule has 7 heteroatoms. The van der Waals surface area contributed by atoms with Crippen molar-refractivity contribution >= 4 is 23.6 Å². The van der Waals surface area contributed by atoms with Crippen molar-refractivity contribution in [1.82, 2.24) is 0 Å². The fourth-order valence-corrected chi connectivity index (χ4v) is 2.73. The number of aliphatic imine (C=N–C) groups is 1. The highest BCUT2D eigenvalue weighted by molar-refractivity contribution is 6.13. The minimum atomic E-state index is -0.593. The van der Waals surface area contributed by atoms with E-state index in [9.17, 15) is 14.9 Å². The third kappa shape index (κ3) is 4.25. The maximum Gasteiger partial charge on any atom is 0.363 e. The van der Waals surface area contributed by atoms with Gasteiger partial charge in [0.05, 0.1) is 11.5 Å². The van der Waals surface area contributed by atoms with Crippen LogP contribution in [0, 0.1) is 17.0 Å². The smallest absolute Gasteiger partial charge is 0.363 e. The molecular weight excluding hydrogens is 360 g/mol. The van der Waals surface area contributed by atoms with Gasteiger partial charge in [0.1, 0.15) is 5.75 Å². The number of unbranched alkanes of at least 4 members (excludes halogenated alkanes) is 1. The average molecular weight is 380 g/mol. The molecule has 3 rings (SSSR count). The summed E-state index contributed by atoms with van der Waals surface area (Å²) in [7, 11) is 0. The Balaban J connectivity index is 1.82. The number of carbonyl (C=O) groups is 1. The minimum absolute atomic E-state index is 0.0488. The predicted molar refractivity (Wildman–Crippen MR) is 105 cm³/mol. The molecule has 0 aromatic heterocycles. The molecule has 0 amide bonds. The summed E-state index contributed by atoms with van der Waals surface area (Å²) in [6, 6.07) is 11.9. The zero-order chi connectivity index (χ0) is 20.1. The Morgan fingerprint density at radius 2 is 1.96 bits per heavy atom. The zero-order valence-electron chi connectivity index (χ0n) is 15.7. The van der Waals surface area contributed by atoms with Crippen molar-refractivity contribution in [3.8, 4) is 5.75 Å². The second kappa shape index (κ2) is 8.47. The first-order chi connectivity index (χ1) is 13.5. The van der Waals surface area contributed by atoms with Crippen molar-refractivity contribution in [1.29, 1.82) is 0 Å². The Labute approximate surface area is 162 Å². The zero-order valence-corrected chi connectivity index (χ0v) is 15.7. The molecule has 28 heavy (non-hydrogen) atoms. The molecule has 144 valence electrons. The van der Waals surface area contributed by atoms with Gasteiger partial charge in [-0.2, -0.15) is 0 Å². The van der Waals surface area contributed by atoms with Crippen LogP contribution < -0.4 is 4.74 Å². The van der Waals surface area contributed by atoms with Gasteiger partial charge in [-0.05, 0) is 43.2 Å². The number of esters is 1. The topological polar surface area (TPSA) is 91.0 Å². The van der Waals surface area contributed by atoms with Gasteiger partial charge in [0.2, 0.25) is 5.90 Å². The van der Waals surface area contributed by atoms with Crippen molar-refractivity contribution in [3.05, 3.63) is 75.0 Å². The first-order valence-electron chi connectivity index (χ1n) is 8.99. The molecule has 1 heterocycles. The number of carbonyl (C=O) groups excluding carboxylic acids is 1. The first-order valence-corrected chi connectivity index (χ1v) is 8.99. The number of benzene rings is 2. The van der Waals surface area contributed by atoms with Gasteiger partial charge in [0.15, 0.2) is 5.70 Å². The largest absolute Gasteiger partial charge is 0.494 e. The Kier molecular flexibility index (Phi) is 5.84. The summed E-state index contributed by atoms with van der Waals surface area (Å²) in [6.07, 6.45) is 3.67. The molecule has 0 saturated carbocycles. The summed E-state index contributed by atoms with van der Waals surface area (Å²) >= 11 is 0. The van der Waals surface area contributed by atoms with E-state index in [1.807, 2.05) is 24.3 Å². The van der Waals surface area contributed by atoms with Gasteiger partial charge in [0.25, 0.3) is 5.69 Å². The van der Waals surface area contributed by atoms with Crippen LogP contribution in [-0.2, 0) is 9.53 Å². The van der Waals surface area contributed by atoms with Crippen LogP contribution in [0.1, 0.15) is 36.5 Å². The number of rotatable bonds is 7. The van der Waals surface area contributed by atoms with Gasteiger partial charge in [0, 0.05) is 17.2 Å². The summed E-state index contributed by atoms with van der Waals surface area (Å²) in [4.78, 5) is 27.0. The molecule has 0 bridgehead atoms. The molecule has 2 aromatic carbocycles. The van der Waals surface area contributed by atoms with E-state index in [-0.39, 0.29) is 17.3 Å². The number of hydrogen-bond donors (Lipinski definition) is 0. The second-order valence-corrected chi connectivity index (χ2v) is 6.31. The molecule has 0 radical (unpaired) electrons. The van der Waals surface area contributed by atoms with Crippen LogP contribution in [0.25, 0.3) is 6.08 Å². The normalized spacial score (nSPS) is 14.7. The molecule has 1 aliphatic heterocycles. The average Bonchev–Trinajstić information content (AvgIpc) is 3.03. The van der Waals surface area contributed by atoms with Crippen molar-refractivity contribution in [3.63, 3.8) is 0 Å². The van der Waals surface area contributed by atoms with Gasteiger partial charge in [-0.1, -0.05) is 31.5 Å². The lowest BCUT2D eigenvalue weighted by Gasteiger charge is -2.05. The fourth-order valence-electron chi connectivity index (χ4n) is 2.73. The van der Waals surface area contributed by atoms with Gasteiger partial charge < -0.3 is 9.47 Å². The van der Waals surface area contributed by atoms with Crippen LogP contribution in [-0.4, -0.2) is 23.4 Å². The number of nitro groups is 1. The lowest BCUT2D eigenvalue weighted by Crippen LogP contribution is -2.08. The van der Waals surface area contributed by atoms with E-state index < -0.39 is 10.9 Å². The van der Waals surface area contributed by atoms with Crippen LogP contribution in [0.2, 0.25) is 0 Å². The van der Waals surface area contributed by atoms with Crippen LogP contribution in [0.15, 0.2) is 53.2 Å². The highest BCUT2D eigenvalue weighted by atomic mass is 16.6. The summed E-state index contributed by atoms with van der Waals surface area (Å²) in [6.45, 7) is 4.37. The third-order valence-corrected chi connectivity index (χ3v) is 4.30. The molecule has 2 aromatic rings. The number of nitrogens with zero attached hydrogens (tertiary/aromatic N) is 2. The fraction of sp³-hybridized carbons (Fsp3) is 0.238. The Morgan fingerprint density at radius 1 is 1.21 bits per heavy atom. The minimum Gasteiger partial charge on any atom is -0.494 e. The van der Waals surface area contributed by atoms with Crippen LogP contribution in [0.4, 0.5) is 5.69 Å². The standard InChI is InChI=1S/C21H20N2O5/c1-3-4-12-27-16-10-8-15(9-11-16)13-18-21(24)28-20(22-18)17-6-5-7-19(14(17)2)23(25)26/h5-11,13H,3-4,12H2,1-2H3/b18-13-. The van der Waals surface area contributed by atoms with E-state index in [2.05, 4.69) is 11.9 Å². The van der Waals surface area contributed by atoms with Crippen LogP contribution >= 0.6 is 0 Å². The lowest BCUT2D eigenvalue weighted by molar-refractivity contribution is -0.385. The predicted octanol–water partition coefficient (Wildman–Crippen LogP) is 4.43. The molecule has 0 N–H and O–H groups in total. The number of ether oxygens (including phenoxy) is 2. The molecule has 1 aliphatic rings. The Bertz CT molecular complexity index is 961. The Hall–Kier alpha value is -3.48. The molecule has 0 atom stereocenters. The van der Waals surface area contributed by atoms with Crippen molar-refractivity contribution in [2.24, 2.45) is 4.99 Å². The highest BCUT2D eigenvalue weighted by Gasteiger charge is 2.27. The van der Waals surface area contributed by atoms with Crippen LogP contribution in [0.3, 0.4) is 0 Å². The van der Waals surface area contributed by atoms with Gasteiger partial charge >= 0.3 is 5.97 Å². The molecule has 0 spiro atoms. The van der Waals surface area contributed by atoms with E-state index in [1.54, 1.807) is 19.1 Å². The SMILES string of the molecule is CCCCOc1ccc(/C=C2\N=C(c3cccc([N+](=O)[O-])c3C)OC2=O)cc1. The van der Waals surface area contributed by atoms with E-state index in [4.69, 9.17) is 9.47 Å². The molecule has 0 aliphatic carbocycles. The van der Waals surface area contributed by atoms with Gasteiger partial charge in [-0.3, -0.25) is 10.1 Å². The highest BCUT2D eigenvalue weighted by Crippen LogP contribution is 2.26. The Morgan fingerprint density at radius 3 is 2.64 bits per heavy atom. The third-order valence-electron chi connectivity index (χ3n) is 4.30. The van der Waals surface area contributed by atoms with E-state index in [0.717, 1.165) is 24.2 Å². The molecule has 0 fully saturated rings. The quantitative estimate of drug-likeness (QED) is 0.233. The lowest BCUT2D eigenvalue weighted by atomic mass is 10.1. The summed E-state index contributed by atoms with van der Waals surface area (Å²) < 4.78 is 10.8. The van der Waals surface area contributed by atoms with Crippen molar-refractivity contribution < 1.29 is 19.2 Å². The number of nitro benzene ring substituents is 1. The van der Waals surface area contributed by atoms with Crippen molar-refractivity contribution in [2.45, 2.75) is 26.7 Å². The monoisotopic (exact) mass is 380 g/mol. The summed E-state index contributed by atoms with van der Waals surface area (Å²) in [5.41, 5.74) is 1.68. The van der Waals surface area contributed by atoms with Gasteiger partial charge in [-0.15, -0.1) is 0 Å². The van der Waals surface area contributed by atoms with Gasteiger partial charge in [-0.25, -0.2) is 9.79 Å². The van der Waals surface area contributed by atoms with E-state index in [1.165, 1.54) is 12.1 Å². The maximum absolute atomic E-state index is 12.2. The number of hydrogen-bond acceptors (Lipinski definition) is 6. The number of cyclic esters (lactones) is 1. The van der Waals surface area contributed by atoms with E-state index >= 15 is 0 Å².